The maximum atomic E-state index is 11.3. The first kappa shape index (κ1) is 14.6. The lowest BCUT2D eigenvalue weighted by Gasteiger charge is -2.00. The number of aromatic nitrogens is 1. The van der Waals surface area contributed by atoms with Crippen LogP contribution in [-0.2, 0) is 11.3 Å². The summed E-state index contributed by atoms with van der Waals surface area (Å²) in [6.45, 7) is 0.113. The largest absolute Gasteiger partial charge is 0.368 e. The number of fused-ring (bicyclic) bond motifs is 1. The van der Waals surface area contributed by atoms with Crippen molar-refractivity contribution in [2.75, 3.05) is 0 Å². The van der Waals surface area contributed by atoms with Crippen molar-refractivity contribution < 1.29 is 4.79 Å². The average molecular weight is 301 g/mol. The van der Waals surface area contributed by atoms with E-state index in [1.165, 1.54) is 0 Å². The molecule has 0 spiro atoms. The van der Waals surface area contributed by atoms with Crippen molar-refractivity contribution >= 4 is 28.5 Å². The Hall–Kier alpha value is -3.32. The zero-order valence-corrected chi connectivity index (χ0v) is 12.4. The van der Waals surface area contributed by atoms with Crippen LogP contribution in [0, 0.1) is 11.3 Å². The number of para-hydroxylation sites is 1. The summed E-state index contributed by atoms with van der Waals surface area (Å²) in [5.74, 6) is -0.398. The second-order valence-corrected chi connectivity index (χ2v) is 5.23. The molecule has 1 heterocycles. The topological polar surface area (TPSA) is 71.8 Å². The molecule has 23 heavy (non-hydrogen) atoms. The van der Waals surface area contributed by atoms with Gasteiger partial charge in [0.1, 0.15) is 6.54 Å². The van der Waals surface area contributed by atoms with E-state index in [2.05, 4.69) is 6.07 Å². The summed E-state index contributed by atoms with van der Waals surface area (Å²) in [4.78, 5) is 11.3. The van der Waals surface area contributed by atoms with Gasteiger partial charge in [0.25, 0.3) is 0 Å². The number of primary amides is 1. The van der Waals surface area contributed by atoms with Gasteiger partial charge in [-0.15, -0.1) is 0 Å². The van der Waals surface area contributed by atoms with Gasteiger partial charge in [0, 0.05) is 22.7 Å². The summed E-state index contributed by atoms with van der Waals surface area (Å²) < 4.78 is 1.81. The predicted molar refractivity (Wildman–Crippen MR) is 91.1 cm³/mol. The summed E-state index contributed by atoms with van der Waals surface area (Å²) in [6.07, 6.45) is 3.70. The number of amides is 1. The first-order chi connectivity index (χ1) is 11.2. The Morgan fingerprint density at radius 1 is 1.13 bits per heavy atom. The van der Waals surface area contributed by atoms with E-state index in [9.17, 15) is 10.1 Å². The molecule has 0 unspecified atom stereocenters. The van der Waals surface area contributed by atoms with Crippen LogP contribution >= 0.6 is 0 Å². The smallest absolute Gasteiger partial charge is 0.237 e. The minimum atomic E-state index is -0.398. The second-order valence-electron chi connectivity index (χ2n) is 5.23. The van der Waals surface area contributed by atoms with E-state index < -0.39 is 5.91 Å². The van der Waals surface area contributed by atoms with Gasteiger partial charge in [0.05, 0.1) is 11.6 Å². The number of carbonyl (C=O) groups is 1. The normalized spacial score (nSPS) is 11.3. The molecule has 3 rings (SSSR count). The quantitative estimate of drug-likeness (QED) is 0.752. The number of carbonyl (C=O) groups excluding carboxylic acids is 1. The molecule has 2 aromatic carbocycles. The SMILES string of the molecule is N#CC(=Cc1cn(CC(N)=O)c2ccccc12)c1ccccc1. The third kappa shape index (κ3) is 2.99. The fraction of sp³-hybridized carbons (Fsp3) is 0.0526. The number of allylic oxidation sites excluding steroid dienone is 1. The molecule has 0 saturated heterocycles. The molecule has 0 radical (unpaired) electrons. The molecular formula is C19H15N3O. The van der Waals surface area contributed by atoms with Crippen LogP contribution in [0.15, 0.2) is 60.8 Å². The lowest BCUT2D eigenvalue weighted by atomic mass is 10.0. The highest BCUT2D eigenvalue weighted by molar-refractivity contribution is 5.98. The van der Waals surface area contributed by atoms with E-state index in [0.29, 0.717) is 5.57 Å². The molecule has 4 heteroatoms. The zero-order chi connectivity index (χ0) is 16.2. The van der Waals surface area contributed by atoms with Crippen molar-refractivity contribution in [2.45, 2.75) is 6.54 Å². The van der Waals surface area contributed by atoms with Crippen LogP contribution in [0.1, 0.15) is 11.1 Å². The molecule has 112 valence electrons. The predicted octanol–water partition coefficient (Wildman–Crippen LogP) is 3.19. The minimum absolute atomic E-state index is 0.113. The van der Waals surface area contributed by atoms with E-state index in [1.54, 1.807) is 0 Å². The van der Waals surface area contributed by atoms with Crippen LogP contribution in [0.2, 0.25) is 0 Å². The van der Waals surface area contributed by atoms with Gasteiger partial charge in [-0.1, -0.05) is 48.5 Å². The van der Waals surface area contributed by atoms with Gasteiger partial charge in [0.15, 0.2) is 0 Å². The van der Waals surface area contributed by atoms with Crippen LogP contribution in [0.4, 0.5) is 0 Å². The van der Waals surface area contributed by atoms with Crippen LogP contribution < -0.4 is 5.73 Å². The van der Waals surface area contributed by atoms with Crippen molar-refractivity contribution in [2.24, 2.45) is 5.73 Å². The molecular weight excluding hydrogens is 286 g/mol. The Labute approximate surface area is 134 Å². The van der Waals surface area contributed by atoms with Gasteiger partial charge >= 0.3 is 0 Å². The van der Waals surface area contributed by atoms with Crippen molar-refractivity contribution in [3.63, 3.8) is 0 Å². The van der Waals surface area contributed by atoms with Crippen LogP contribution in [0.3, 0.4) is 0 Å². The second kappa shape index (κ2) is 6.20. The van der Waals surface area contributed by atoms with Gasteiger partial charge in [-0.3, -0.25) is 4.79 Å². The number of rotatable bonds is 4. The summed E-state index contributed by atoms with van der Waals surface area (Å²) >= 11 is 0. The van der Waals surface area contributed by atoms with Gasteiger partial charge in [-0.05, 0) is 17.7 Å². The number of nitrogens with two attached hydrogens (primary N) is 1. The third-order valence-corrected chi connectivity index (χ3v) is 3.65. The van der Waals surface area contributed by atoms with E-state index in [-0.39, 0.29) is 6.54 Å². The van der Waals surface area contributed by atoms with Gasteiger partial charge < -0.3 is 10.3 Å². The summed E-state index contributed by atoms with van der Waals surface area (Å²) in [6, 6.07) is 19.5. The van der Waals surface area contributed by atoms with E-state index >= 15 is 0 Å². The Morgan fingerprint density at radius 2 is 1.83 bits per heavy atom. The van der Waals surface area contributed by atoms with Crippen LogP contribution in [0.25, 0.3) is 22.6 Å². The first-order valence-electron chi connectivity index (χ1n) is 7.22. The summed E-state index contributed by atoms with van der Waals surface area (Å²) in [5.41, 5.74) is 8.57. The molecule has 3 aromatic rings. The first-order valence-corrected chi connectivity index (χ1v) is 7.22. The number of benzene rings is 2. The lowest BCUT2D eigenvalue weighted by molar-refractivity contribution is -0.118. The molecule has 0 aliphatic heterocycles. The van der Waals surface area contributed by atoms with Gasteiger partial charge in [-0.25, -0.2) is 0 Å². The molecule has 1 amide bonds. The van der Waals surface area contributed by atoms with Crippen LogP contribution in [-0.4, -0.2) is 10.5 Å². The van der Waals surface area contributed by atoms with Crippen molar-refractivity contribution in [3.05, 3.63) is 71.9 Å². The molecule has 0 aliphatic carbocycles. The third-order valence-electron chi connectivity index (χ3n) is 3.65. The average Bonchev–Trinajstić information content (AvgIpc) is 2.91. The highest BCUT2D eigenvalue weighted by Gasteiger charge is 2.09. The fourth-order valence-corrected chi connectivity index (χ4v) is 2.64. The van der Waals surface area contributed by atoms with Crippen molar-refractivity contribution in [1.82, 2.24) is 4.57 Å². The fourth-order valence-electron chi connectivity index (χ4n) is 2.64. The Bertz CT molecular complexity index is 930. The molecule has 0 saturated carbocycles. The monoisotopic (exact) mass is 301 g/mol. The Morgan fingerprint density at radius 3 is 2.52 bits per heavy atom. The van der Waals surface area contributed by atoms with E-state index in [0.717, 1.165) is 22.0 Å². The molecule has 1 aromatic heterocycles. The zero-order valence-electron chi connectivity index (χ0n) is 12.4. The molecule has 0 aliphatic rings. The Kier molecular flexibility index (Phi) is 3.94. The highest BCUT2D eigenvalue weighted by atomic mass is 16.1. The molecule has 0 fully saturated rings. The minimum Gasteiger partial charge on any atom is -0.368 e. The number of hydrogen-bond donors (Lipinski definition) is 1. The van der Waals surface area contributed by atoms with Crippen molar-refractivity contribution in [1.29, 1.82) is 5.26 Å². The molecule has 4 nitrogen and oxygen atoms in total. The highest BCUT2D eigenvalue weighted by Crippen LogP contribution is 2.26. The van der Waals surface area contributed by atoms with E-state index in [4.69, 9.17) is 5.73 Å². The molecule has 0 atom stereocenters. The summed E-state index contributed by atoms with van der Waals surface area (Å²) in [5, 5.41) is 10.4. The maximum Gasteiger partial charge on any atom is 0.237 e. The van der Waals surface area contributed by atoms with E-state index in [1.807, 2.05) is 71.4 Å². The maximum absolute atomic E-state index is 11.3. The molecule has 0 bridgehead atoms. The van der Waals surface area contributed by atoms with Crippen molar-refractivity contribution in [3.8, 4) is 6.07 Å². The molecule has 2 N–H and O–H groups in total. The number of nitriles is 1. The van der Waals surface area contributed by atoms with Gasteiger partial charge in [-0.2, -0.15) is 5.26 Å². The number of nitrogens with zero attached hydrogens (tertiary/aromatic N) is 2. The summed E-state index contributed by atoms with van der Waals surface area (Å²) in [7, 11) is 0. The standard InChI is InChI=1S/C19H15N3O/c20-11-15(14-6-2-1-3-7-14)10-16-12-22(13-19(21)23)18-9-5-4-8-17(16)18/h1-10,12H,13H2,(H2,21,23). The van der Waals surface area contributed by atoms with Crippen LogP contribution in [0.5, 0.6) is 0 Å². The Balaban J connectivity index is 2.15. The van der Waals surface area contributed by atoms with Gasteiger partial charge in [0.2, 0.25) is 5.91 Å². The lowest BCUT2D eigenvalue weighted by Crippen LogP contribution is -2.17. The number of hydrogen-bond acceptors (Lipinski definition) is 2.